The first-order valence-corrected chi connectivity index (χ1v) is 7.37. The van der Waals surface area contributed by atoms with Gasteiger partial charge in [0, 0.05) is 41.8 Å². The summed E-state index contributed by atoms with van der Waals surface area (Å²) in [4.78, 5) is 25.4. The van der Waals surface area contributed by atoms with Crippen molar-refractivity contribution in [2.24, 2.45) is 0 Å². The van der Waals surface area contributed by atoms with Gasteiger partial charge >= 0.3 is 0 Å². The highest BCUT2D eigenvalue weighted by Gasteiger charge is 2.25. The zero-order valence-electron chi connectivity index (χ0n) is 11.4. The molecule has 1 aromatic rings. The minimum Gasteiger partial charge on any atom is -0.399 e. The number of halogens is 1. The van der Waals surface area contributed by atoms with Gasteiger partial charge in [-0.3, -0.25) is 9.59 Å². The Kier molecular flexibility index (Phi) is 4.65. The molecule has 0 bridgehead atoms. The number of nitrogen functional groups attached to an aromatic ring is 1. The summed E-state index contributed by atoms with van der Waals surface area (Å²) in [6, 6.07) is 5.23. The molecule has 2 rings (SSSR count). The van der Waals surface area contributed by atoms with Crippen molar-refractivity contribution in [3.05, 3.63) is 28.2 Å². The molecule has 1 heterocycles. The molecule has 1 saturated heterocycles. The third kappa shape index (κ3) is 3.72. The first-order chi connectivity index (χ1) is 9.45. The van der Waals surface area contributed by atoms with Crippen LogP contribution in [0.4, 0.5) is 5.69 Å². The Balaban J connectivity index is 2.10. The van der Waals surface area contributed by atoms with Crippen molar-refractivity contribution in [1.82, 2.24) is 10.2 Å². The second-order valence-electron chi connectivity index (χ2n) is 5.06. The zero-order chi connectivity index (χ0) is 14.7. The molecule has 0 radical (unpaired) electrons. The van der Waals surface area contributed by atoms with Gasteiger partial charge in [-0.2, -0.15) is 0 Å². The van der Waals surface area contributed by atoms with Crippen molar-refractivity contribution in [2.45, 2.75) is 25.8 Å². The monoisotopic (exact) mass is 339 g/mol. The molecule has 1 fully saturated rings. The molecule has 1 aromatic carbocycles. The van der Waals surface area contributed by atoms with Crippen molar-refractivity contribution >= 4 is 33.4 Å². The van der Waals surface area contributed by atoms with E-state index in [1.165, 1.54) is 6.92 Å². The maximum atomic E-state index is 12.5. The van der Waals surface area contributed by atoms with E-state index in [-0.39, 0.29) is 17.9 Å². The van der Waals surface area contributed by atoms with Gasteiger partial charge in [0.1, 0.15) is 0 Å². The number of carbonyl (C=O) groups is 2. The van der Waals surface area contributed by atoms with Gasteiger partial charge in [-0.25, -0.2) is 0 Å². The molecule has 108 valence electrons. The van der Waals surface area contributed by atoms with E-state index in [9.17, 15) is 9.59 Å². The molecular formula is C14H18BrN3O2. The maximum Gasteiger partial charge on any atom is 0.254 e. The first kappa shape index (κ1) is 14.8. The van der Waals surface area contributed by atoms with Gasteiger partial charge in [-0.1, -0.05) is 15.9 Å². The van der Waals surface area contributed by atoms with Gasteiger partial charge in [-0.05, 0) is 31.0 Å². The van der Waals surface area contributed by atoms with Crippen molar-refractivity contribution in [2.75, 3.05) is 18.8 Å². The summed E-state index contributed by atoms with van der Waals surface area (Å²) in [5, 5.41) is 2.87. The molecule has 1 atom stereocenters. The molecule has 6 heteroatoms. The Bertz CT molecular complexity index is 513. The SMILES string of the molecule is CC(=O)NC1CCCN(C(=O)c2cc(N)cc(Br)c2)C1. The summed E-state index contributed by atoms with van der Waals surface area (Å²) in [6.45, 7) is 2.75. The van der Waals surface area contributed by atoms with Crippen LogP contribution in [0.25, 0.3) is 0 Å². The average molecular weight is 340 g/mol. The fourth-order valence-electron chi connectivity index (χ4n) is 2.49. The van der Waals surface area contributed by atoms with Crippen LogP contribution in [0.15, 0.2) is 22.7 Å². The van der Waals surface area contributed by atoms with Crippen LogP contribution in [0.5, 0.6) is 0 Å². The van der Waals surface area contributed by atoms with Crippen LogP contribution in [-0.2, 0) is 4.79 Å². The smallest absolute Gasteiger partial charge is 0.254 e. The Morgan fingerprint density at radius 2 is 2.15 bits per heavy atom. The van der Waals surface area contributed by atoms with Gasteiger partial charge in [0.05, 0.1) is 0 Å². The lowest BCUT2D eigenvalue weighted by molar-refractivity contribution is -0.120. The van der Waals surface area contributed by atoms with E-state index >= 15 is 0 Å². The number of nitrogens with one attached hydrogen (secondary N) is 1. The van der Waals surface area contributed by atoms with Gasteiger partial charge in [0.15, 0.2) is 0 Å². The van der Waals surface area contributed by atoms with Gasteiger partial charge < -0.3 is 16.0 Å². The molecular weight excluding hydrogens is 322 g/mol. The highest BCUT2D eigenvalue weighted by Crippen LogP contribution is 2.20. The summed E-state index contributed by atoms with van der Waals surface area (Å²) >= 11 is 3.34. The second kappa shape index (κ2) is 6.26. The van der Waals surface area contributed by atoms with E-state index in [4.69, 9.17) is 5.73 Å². The molecule has 3 N–H and O–H groups in total. The number of anilines is 1. The molecule has 1 aliphatic rings. The van der Waals surface area contributed by atoms with Crippen molar-refractivity contribution in [3.8, 4) is 0 Å². The number of nitrogens with zero attached hydrogens (tertiary/aromatic N) is 1. The molecule has 5 nitrogen and oxygen atoms in total. The third-order valence-electron chi connectivity index (χ3n) is 3.28. The molecule has 0 spiro atoms. The van der Waals surface area contributed by atoms with Crippen LogP contribution in [0.2, 0.25) is 0 Å². The lowest BCUT2D eigenvalue weighted by Crippen LogP contribution is -2.49. The number of amides is 2. The number of likely N-dealkylation sites (tertiary alicyclic amines) is 1. The van der Waals surface area contributed by atoms with E-state index in [0.717, 1.165) is 17.3 Å². The van der Waals surface area contributed by atoms with Crippen LogP contribution in [-0.4, -0.2) is 35.8 Å². The van der Waals surface area contributed by atoms with E-state index in [0.29, 0.717) is 24.3 Å². The number of piperidine rings is 1. The van der Waals surface area contributed by atoms with Crippen molar-refractivity contribution in [1.29, 1.82) is 0 Å². The fourth-order valence-corrected chi connectivity index (χ4v) is 3.00. The van der Waals surface area contributed by atoms with E-state index in [2.05, 4.69) is 21.2 Å². The summed E-state index contributed by atoms with van der Waals surface area (Å²) in [5.41, 5.74) is 6.89. The highest BCUT2D eigenvalue weighted by molar-refractivity contribution is 9.10. The summed E-state index contributed by atoms with van der Waals surface area (Å²) in [6.07, 6.45) is 1.80. The number of carbonyl (C=O) groups excluding carboxylic acids is 2. The zero-order valence-corrected chi connectivity index (χ0v) is 12.9. The lowest BCUT2D eigenvalue weighted by atomic mass is 10.0. The minimum atomic E-state index is -0.0593. The largest absolute Gasteiger partial charge is 0.399 e. The number of benzene rings is 1. The fraction of sp³-hybridized carbons (Fsp3) is 0.429. The van der Waals surface area contributed by atoms with E-state index < -0.39 is 0 Å². The summed E-state index contributed by atoms with van der Waals surface area (Å²) in [5.74, 6) is -0.107. The Morgan fingerprint density at radius 3 is 2.80 bits per heavy atom. The Hall–Kier alpha value is -1.56. The van der Waals surface area contributed by atoms with E-state index in [1.54, 1.807) is 23.1 Å². The van der Waals surface area contributed by atoms with Crippen LogP contribution >= 0.6 is 15.9 Å². The molecule has 20 heavy (non-hydrogen) atoms. The molecule has 1 unspecified atom stereocenters. The number of rotatable bonds is 2. The minimum absolute atomic E-state index is 0.0368. The summed E-state index contributed by atoms with van der Waals surface area (Å²) in [7, 11) is 0. The van der Waals surface area contributed by atoms with Crippen LogP contribution in [0, 0.1) is 0 Å². The van der Waals surface area contributed by atoms with Gasteiger partial charge in [0.2, 0.25) is 5.91 Å². The molecule has 0 saturated carbocycles. The third-order valence-corrected chi connectivity index (χ3v) is 3.74. The topological polar surface area (TPSA) is 75.4 Å². The van der Waals surface area contributed by atoms with Crippen molar-refractivity contribution < 1.29 is 9.59 Å². The molecule has 0 aromatic heterocycles. The van der Waals surface area contributed by atoms with Gasteiger partial charge in [0.25, 0.3) is 5.91 Å². The van der Waals surface area contributed by atoms with Crippen LogP contribution in [0.1, 0.15) is 30.1 Å². The van der Waals surface area contributed by atoms with Crippen LogP contribution < -0.4 is 11.1 Å². The predicted molar refractivity (Wildman–Crippen MR) is 81.3 cm³/mol. The Labute approximate surface area is 126 Å². The summed E-state index contributed by atoms with van der Waals surface area (Å²) < 4.78 is 0.788. The Morgan fingerprint density at radius 1 is 1.40 bits per heavy atom. The molecule has 2 amide bonds. The number of hydrogen-bond donors (Lipinski definition) is 2. The molecule has 1 aliphatic heterocycles. The maximum absolute atomic E-state index is 12.5. The predicted octanol–water partition coefficient (Wildman–Crippen LogP) is 1.77. The average Bonchev–Trinajstić information content (AvgIpc) is 2.36. The highest BCUT2D eigenvalue weighted by atomic mass is 79.9. The second-order valence-corrected chi connectivity index (χ2v) is 5.98. The number of hydrogen-bond acceptors (Lipinski definition) is 3. The first-order valence-electron chi connectivity index (χ1n) is 6.58. The van der Waals surface area contributed by atoms with Crippen molar-refractivity contribution in [3.63, 3.8) is 0 Å². The normalized spacial score (nSPS) is 18.7. The van der Waals surface area contributed by atoms with Crippen LogP contribution in [0.3, 0.4) is 0 Å². The van der Waals surface area contributed by atoms with Gasteiger partial charge in [-0.15, -0.1) is 0 Å². The standard InChI is InChI=1S/C14H18BrN3O2/c1-9(19)17-13-3-2-4-18(8-13)14(20)10-5-11(15)7-12(16)6-10/h5-7,13H,2-4,8,16H2,1H3,(H,17,19). The quantitative estimate of drug-likeness (QED) is 0.806. The lowest BCUT2D eigenvalue weighted by Gasteiger charge is -2.33. The molecule has 0 aliphatic carbocycles. The van der Waals surface area contributed by atoms with E-state index in [1.807, 2.05) is 0 Å². The number of nitrogens with two attached hydrogens (primary N) is 1.